The van der Waals surface area contributed by atoms with Gasteiger partial charge in [-0.25, -0.2) is 5.43 Å². The molecule has 4 unspecified atom stereocenters. The normalized spacial score (nSPS) is 25.6. The predicted molar refractivity (Wildman–Crippen MR) is 146 cm³/mol. The number of carbonyl (C=O) groups excluding carboxylic acids is 1. The molecule has 0 spiro atoms. The van der Waals surface area contributed by atoms with Gasteiger partial charge in [0.15, 0.2) is 0 Å². The van der Waals surface area contributed by atoms with Crippen molar-refractivity contribution in [1.29, 1.82) is 0 Å². The van der Waals surface area contributed by atoms with Gasteiger partial charge in [-0.1, -0.05) is 12.1 Å². The minimum Gasteiger partial charge on any atom is -0.376 e. The highest BCUT2D eigenvalue weighted by Gasteiger charge is 2.41. The summed E-state index contributed by atoms with van der Waals surface area (Å²) in [6, 6.07) is 13.2. The van der Waals surface area contributed by atoms with E-state index in [9.17, 15) is 18.0 Å². The number of likely N-dealkylation sites (N-methyl/N-ethyl adjacent to an activating group) is 1. The minimum absolute atomic E-state index is 0.0595. The Morgan fingerprint density at radius 1 is 1.02 bits per heavy atom. The molecule has 2 aromatic rings. The number of anilines is 1. The van der Waals surface area contributed by atoms with Crippen molar-refractivity contribution in [2.75, 3.05) is 51.3 Å². The highest BCUT2D eigenvalue weighted by Crippen LogP contribution is 2.32. The fourth-order valence-corrected chi connectivity index (χ4v) is 5.73. The van der Waals surface area contributed by atoms with E-state index in [-0.39, 0.29) is 36.7 Å². The first-order valence-electron chi connectivity index (χ1n) is 14.0. The number of hydrogen-bond donors (Lipinski definition) is 3. The van der Waals surface area contributed by atoms with Crippen LogP contribution in [0, 0.1) is 5.92 Å². The molecule has 0 radical (unpaired) electrons. The number of nitrogens with one attached hydrogen (secondary N) is 3. The molecule has 3 fully saturated rings. The van der Waals surface area contributed by atoms with Crippen LogP contribution in [-0.4, -0.2) is 75.6 Å². The first-order valence-corrected chi connectivity index (χ1v) is 14.0. The van der Waals surface area contributed by atoms with Crippen LogP contribution in [0.1, 0.15) is 40.7 Å². The maximum atomic E-state index is 12.9. The Morgan fingerprint density at radius 3 is 2.55 bits per heavy atom. The van der Waals surface area contributed by atoms with Crippen LogP contribution in [0.25, 0.3) is 0 Å². The Morgan fingerprint density at radius 2 is 1.80 bits per heavy atom. The van der Waals surface area contributed by atoms with Crippen LogP contribution < -0.4 is 21.1 Å². The summed E-state index contributed by atoms with van der Waals surface area (Å²) in [5.74, 6) is 0.159. The molecular weight excluding hydrogens is 523 g/mol. The van der Waals surface area contributed by atoms with E-state index in [4.69, 9.17) is 9.47 Å². The van der Waals surface area contributed by atoms with Gasteiger partial charge in [-0.3, -0.25) is 10.2 Å². The van der Waals surface area contributed by atoms with E-state index in [1.807, 2.05) is 24.3 Å². The van der Waals surface area contributed by atoms with Gasteiger partial charge in [-0.05, 0) is 68.3 Å². The topological polar surface area (TPSA) is 78.1 Å². The van der Waals surface area contributed by atoms with E-state index < -0.39 is 11.7 Å². The molecule has 1 aliphatic carbocycles. The van der Waals surface area contributed by atoms with Crippen LogP contribution in [0.3, 0.4) is 0 Å². The van der Waals surface area contributed by atoms with E-state index in [0.717, 1.165) is 63.3 Å². The van der Waals surface area contributed by atoms with Crippen LogP contribution in [0.4, 0.5) is 18.9 Å². The molecule has 11 heteroatoms. The number of fused-ring (bicyclic) bond motifs is 1. The lowest BCUT2D eigenvalue weighted by molar-refractivity contribution is -0.137. The number of hydrogen-bond acceptors (Lipinski definition) is 7. The van der Waals surface area contributed by atoms with Crippen molar-refractivity contribution in [3.63, 3.8) is 0 Å². The molecule has 2 aromatic carbocycles. The van der Waals surface area contributed by atoms with Crippen LogP contribution in [-0.2, 0) is 22.3 Å². The van der Waals surface area contributed by atoms with Crippen molar-refractivity contribution in [3.05, 3.63) is 65.2 Å². The van der Waals surface area contributed by atoms with Gasteiger partial charge in [0.05, 0.1) is 37.7 Å². The van der Waals surface area contributed by atoms with Gasteiger partial charge in [0.1, 0.15) is 0 Å². The number of halogens is 3. The second-order valence-electron chi connectivity index (χ2n) is 10.9. The summed E-state index contributed by atoms with van der Waals surface area (Å²) >= 11 is 0. The zero-order chi connectivity index (χ0) is 28.1. The second-order valence-corrected chi connectivity index (χ2v) is 10.9. The van der Waals surface area contributed by atoms with Crippen molar-refractivity contribution in [1.82, 2.24) is 21.1 Å². The zero-order valence-corrected chi connectivity index (χ0v) is 22.8. The number of carbonyl (C=O) groups is 1. The largest absolute Gasteiger partial charge is 0.416 e. The molecule has 1 saturated carbocycles. The standard InChI is InChI=1S/C29H38F3N5O3/c1-36-11-13-37(14-12-36)23-7-5-21(6-8-23)28(38)33-27-25-10-9-24(18-26(25)34-35-27)40-16-15-39-19-20-3-2-4-22(17-20)29(30,31)32/h2-8,17,24-27,34-35H,9-16,18-19H2,1H3,(H,33,38). The van der Waals surface area contributed by atoms with Gasteiger partial charge in [-0.2, -0.15) is 13.2 Å². The van der Waals surface area contributed by atoms with Gasteiger partial charge in [0, 0.05) is 49.4 Å². The average molecular weight is 562 g/mol. The quantitative estimate of drug-likeness (QED) is 0.405. The number of benzene rings is 2. The highest BCUT2D eigenvalue weighted by atomic mass is 19.4. The fourth-order valence-electron chi connectivity index (χ4n) is 5.73. The smallest absolute Gasteiger partial charge is 0.376 e. The third-order valence-electron chi connectivity index (χ3n) is 8.10. The third kappa shape index (κ3) is 7.32. The van der Waals surface area contributed by atoms with Gasteiger partial charge in [-0.15, -0.1) is 0 Å². The second kappa shape index (κ2) is 12.9. The summed E-state index contributed by atoms with van der Waals surface area (Å²) in [5, 5.41) is 3.14. The summed E-state index contributed by atoms with van der Waals surface area (Å²) < 4.78 is 50.1. The summed E-state index contributed by atoms with van der Waals surface area (Å²) in [4.78, 5) is 17.6. The molecule has 2 heterocycles. The SMILES string of the molecule is CN1CCN(c2ccc(C(=O)NC3NNC4CC(OCCOCc5cccc(C(F)(F)F)c5)CCC43)cc2)CC1. The highest BCUT2D eigenvalue weighted by molar-refractivity contribution is 5.94. The number of alkyl halides is 3. The zero-order valence-electron chi connectivity index (χ0n) is 22.8. The Balaban J connectivity index is 1.01. The van der Waals surface area contributed by atoms with Gasteiger partial charge >= 0.3 is 6.18 Å². The molecule has 4 atom stereocenters. The molecule has 8 nitrogen and oxygen atoms in total. The molecule has 0 aromatic heterocycles. The maximum Gasteiger partial charge on any atom is 0.416 e. The van der Waals surface area contributed by atoms with Crippen LogP contribution in [0.15, 0.2) is 48.5 Å². The lowest BCUT2D eigenvalue weighted by Gasteiger charge is -2.34. The minimum atomic E-state index is -4.36. The molecule has 1 amide bonds. The van der Waals surface area contributed by atoms with Crippen molar-refractivity contribution in [2.24, 2.45) is 5.92 Å². The van der Waals surface area contributed by atoms with Crippen molar-refractivity contribution in [2.45, 2.75) is 50.4 Å². The molecule has 3 N–H and O–H groups in total. The van der Waals surface area contributed by atoms with E-state index in [1.54, 1.807) is 6.07 Å². The van der Waals surface area contributed by atoms with E-state index in [1.165, 1.54) is 6.07 Å². The number of rotatable bonds is 9. The molecule has 0 bridgehead atoms. The first kappa shape index (κ1) is 28.8. The Hall–Kier alpha value is -2.70. The molecule has 218 valence electrons. The molecule has 2 aliphatic heterocycles. The predicted octanol–water partition coefficient (Wildman–Crippen LogP) is 3.39. The lowest BCUT2D eigenvalue weighted by Crippen LogP contribution is -2.47. The first-order chi connectivity index (χ1) is 19.3. The van der Waals surface area contributed by atoms with E-state index in [0.29, 0.717) is 24.3 Å². The van der Waals surface area contributed by atoms with Crippen molar-refractivity contribution in [3.8, 4) is 0 Å². The maximum absolute atomic E-state index is 12.9. The summed E-state index contributed by atoms with van der Waals surface area (Å²) in [6.07, 6.45) is -1.90. The number of hydrazine groups is 1. The number of piperazine rings is 1. The lowest BCUT2D eigenvalue weighted by atomic mass is 9.82. The van der Waals surface area contributed by atoms with Crippen LogP contribution >= 0.6 is 0 Å². The Bertz CT molecular complexity index is 1120. The number of nitrogens with zero attached hydrogens (tertiary/aromatic N) is 2. The summed E-state index contributed by atoms with van der Waals surface area (Å²) in [7, 11) is 2.13. The van der Waals surface area contributed by atoms with Crippen molar-refractivity contribution < 1.29 is 27.4 Å². The summed E-state index contributed by atoms with van der Waals surface area (Å²) in [6.45, 7) is 4.83. The molecule has 40 heavy (non-hydrogen) atoms. The molecule has 2 saturated heterocycles. The average Bonchev–Trinajstić information content (AvgIpc) is 3.35. The van der Waals surface area contributed by atoms with Crippen molar-refractivity contribution >= 4 is 11.6 Å². The molecule has 3 aliphatic rings. The molecule has 5 rings (SSSR count). The van der Waals surface area contributed by atoms with Gasteiger partial charge < -0.3 is 24.6 Å². The van der Waals surface area contributed by atoms with Crippen LogP contribution in [0.2, 0.25) is 0 Å². The molecular formula is C29H38F3N5O3. The Labute approximate surface area is 233 Å². The monoisotopic (exact) mass is 561 g/mol. The van der Waals surface area contributed by atoms with Gasteiger partial charge in [0.25, 0.3) is 5.91 Å². The van der Waals surface area contributed by atoms with Crippen LogP contribution in [0.5, 0.6) is 0 Å². The third-order valence-corrected chi connectivity index (χ3v) is 8.10. The Kier molecular flexibility index (Phi) is 9.27. The fraction of sp³-hybridized carbons (Fsp3) is 0.552. The number of amides is 1. The van der Waals surface area contributed by atoms with E-state index >= 15 is 0 Å². The number of ether oxygens (including phenoxy) is 2. The van der Waals surface area contributed by atoms with Gasteiger partial charge in [0.2, 0.25) is 0 Å². The van der Waals surface area contributed by atoms with E-state index in [2.05, 4.69) is 33.0 Å². The summed E-state index contributed by atoms with van der Waals surface area (Å²) in [5.41, 5.74) is 8.15.